The van der Waals surface area contributed by atoms with E-state index in [1.165, 1.54) is 30.3 Å². The standard InChI is InChI=1S/C19H20N4O5/c1-12(2)10-17(24)20-15-8-6-13(7-9-15)18(25)21-22-19(26)14-4-3-5-16(11-14)23(27)28/h3-9,11-12H,10H2,1-2H3,(H,20,24)(H,21,25)(H,22,26). The molecule has 2 aromatic rings. The summed E-state index contributed by atoms with van der Waals surface area (Å²) < 4.78 is 0. The molecular formula is C19H20N4O5. The van der Waals surface area contributed by atoms with E-state index in [9.17, 15) is 24.5 Å². The molecule has 0 unspecified atom stereocenters. The minimum atomic E-state index is -0.686. The quantitative estimate of drug-likeness (QED) is 0.521. The Hall–Kier alpha value is -3.75. The zero-order chi connectivity index (χ0) is 20.7. The zero-order valence-electron chi connectivity index (χ0n) is 15.4. The molecule has 3 N–H and O–H groups in total. The fraction of sp³-hybridized carbons (Fsp3) is 0.211. The maximum Gasteiger partial charge on any atom is 0.270 e. The van der Waals surface area contributed by atoms with Gasteiger partial charge in [-0.3, -0.25) is 35.3 Å². The van der Waals surface area contributed by atoms with Gasteiger partial charge in [0.2, 0.25) is 5.91 Å². The smallest absolute Gasteiger partial charge is 0.270 e. The summed E-state index contributed by atoms with van der Waals surface area (Å²) in [7, 11) is 0. The van der Waals surface area contributed by atoms with Crippen molar-refractivity contribution in [3.63, 3.8) is 0 Å². The van der Waals surface area contributed by atoms with E-state index in [1.54, 1.807) is 12.1 Å². The van der Waals surface area contributed by atoms with Crippen molar-refractivity contribution in [2.45, 2.75) is 20.3 Å². The van der Waals surface area contributed by atoms with Crippen LogP contribution in [-0.2, 0) is 4.79 Å². The minimum Gasteiger partial charge on any atom is -0.326 e. The first-order chi connectivity index (χ1) is 13.3. The van der Waals surface area contributed by atoms with Crippen LogP contribution in [0.25, 0.3) is 0 Å². The van der Waals surface area contributed by atoms with Crippen molar-refractivity contribution < 1.29 is 19.3 Å². The number of nitrogens with one attached hydrogen (secondary N) is 3. The van der Waals surface area contributed by atoms with Gasteiger partial charge in [-0.05, 0) is 36.2 Å². The van der Waals surface area contributed by atoms with E-state index in [0.717, 1.165) is 6.07 Å². The van der Waals surface area contributed by atoms with Gasteiger partial charge in [0, 0.05) is 35.4 Å². The van der Waals surface area contributed by atoms with Crippen molar-refractivity contribution in [1.29, 1.82) is 0 Å². The predicted molar refractivity (Wildman–Crippen MR) is 103 cm³/mol. The van der Waals surface area contributed by atoms with Gasteiger partial charge in [0.25, 0.3) is 17.5 Å². The molecule has 0 atom stereocenters. The molecular weight excluding hydrogens is 364 g/mol. The molecule has 0 saturated heterocycles. The molecule has 0 aromatic heterocycles. The third-order valence-electron chi connectivity index (χ3n) is 3.63. The summed E-state index contributed by atoms with van der Waals surface area (Å²) in [6.45, 7) is 3.88. The number of nitro benzene ring substituents is 1. The van der Waals surface area contributed by atoms with Crippen LogP contribution in [0.4, 0.5) is 11.4 Å². The van der Waals surface area contributed by atoms with Crippen molar-refractivity contribution in [1.82, 2.24) is 10.9 Å². The van der Waals surface area contributed by atoms with Crippen LogP contribution >= 0.6 is 0 Å². The lowest BCUT2D eigenvalue weighted by Crippen LogP contribution is -2.41. The SMILES string of the molecule is CC(C)CC(=O)Nc1ccc(C(=O)NNC(=O)c2cccc([N+](=O)[O-])c2)cc1. The highest BCUT2D eigenvalue weighted by Gasteiger charge is 2.13. The Morgan fingerprint density at radius 1 is 0.964 bits per heavy atom. The minimum absolute atomic E-state index is 0.0395. The van der Waals surface area contributed by atoms with Crippen LogP contribution in [-0.4, -0.2) is 22.6 Å². The van der Waals surface area contributed by atoms with Gasteiger partial charge in [-0.1, -0.05) is 19.9 Å². The molecule has 9 heteroatoms. The summed E-state index contributed by atoms with van der Waals surface area (Å²) in [4.78, 5) is 46.0. The summed E-state index contributed by atoms with van der Waals surface area (Å²) in [5.41, 5.74) is 5.07. The number of non-ortho nitro benzene ring substituents is 1. The molecule has 0 aliphatic carbocycles. The number of anilines is 1. The number of hydrazine groups is 1. The molecule has 0 saturated carbocycles. The van der Waals surface area contributed by atoms with Crippen LogP contribution in [0, 0.1) is 16.0 Å². The molecule has 9 nitrogen and oxygen atoms in total. The van der Waals surface area contributed by atoms with Crippen molar-refractivity contribution in [2.24, 2.45) is 5.92 Å². The average Bonchev–Trinajstić information content (AvgIpc) is 2.65. The van der Waals surface area contributed by atoms with Gasteiger partial charge in [0.15, 0.2) is 0 Å². The van der Waals surface area contributed by atoms with Crippen LogP contribution in [0.1, 0.15) is 41.0 Å². The van der Waals surface area contributed by atoms with Gasteiger partial charge >= 0.3 is 0 Å². The molecule has 0 fully saturated rings. The highest BCUT2D eigenvalue weighted by Crippen LogP contribution is 2.13. The number of benzene rings is 2. The first-order valence-electron chi connectivity index (χ1n) is 8.51. The van der Waals surface area contributed by atoms with E-state index in [-0.39, 0.29) is 28.6 Å². The molecule has 2 rings (SSSR count). The molecule has 3 amide bonds. The Morgan fingerprint density at radius 3 is 2.14 bits per heavy atom. The van der Waals surface area contributed by atoms with Crippen LogP contribution in [0.2, 0.25) is 0 Å². The van der Waals surface area contributed by atoms with Gasteiger partial charge in [-0.25, -0.2) is 0 Å². The van der Waals surface area contributed by atoms with Crippen LogP contribution in [0.15, 0.2) is 48.5 Å². The maximum absolute atomic E-state index is 12.1. The van der Waals surface area contributed by atoms with E-state index in [2.05, 4.69) is 16.2 Å². The van der Waals surface area contributed by atoms with Crippen molar-refractivity contribution >= 4 is 29.1 Å². The lowest BCUT2D eigenvalue weighted by Gasteiger charge is -2.09. The molecule has 0 heterocycles. The molecule has 0 radical (unpaired) electrons. The van der Waals surface area contributed by atoms with Crippen molar-refractivity contribution in [3.05, 3.63) is 69.8 Å². The number of carbonyl (C=O) groups is 3. The number of nitrogens with zero attached hydrogens (tertiary/aromatic N) is 1. The third kappa shape index (κ3) is 5.90. The fourth-order valence-electron chi connectivity index (χ4n) is 2.31. The average molecular weight is 384 g/mol. The second-order valence-electron chi connectivity index (χ2n) is 6.44. The van der Waals surface area contributed by atoms with Gasteiger partial charge in [-0.15, -0.1) is 0 Å². The zero-order valence-corrected chi connectivity index (χ0v) is 15.4. The van der Waals surface area contributed by atoms with Gasteiger partial charge in [0.05, 0.1) is 4.92 Å². The van der Waals surface area contributed by atoms with Gasteiger partial charge < -0.3 is 5.32 Å². The Morgan fingerprint density at radius 2 is 1.57 bits per heavy atom. The molecule has 146 valence electrons. The Bertz CT molecular complexity index is 893. The molecule has 0 aliphatic heterocycles. The normalized spacial score (nSPS) is 10.2. The largest absolute Gasteiger partial charge is 0.326 e. The lowest BCUT2D eigenvalue weighted by atomic mass is 10.1. The highest BCUT2D eigenvalue weighted by molar-refractivity contribution is 5.99. The summed E-state index contributed by atoms with van der Waals surface area (Å²) in [5.74, 6) is -1.13. The second-order valence-corrected chi connectivity index (χ2v) is 6.44. The summed E-state index contributed by atoms with van der Waals surface area (Å²) >= 11 is 0. The van der Waals surface area contributed by atoms with Gasteiger partial charge in [-0.2, -0.15) is 0 Å². The Labute approximate surface area is 161 Å². The number of amides is 3. The predicted octanol–water partition coefficient (Wildman–Crippen LogP) is 2.65. The van der Waals surface area contributed by atoms with Crippen LogP contribution in [0.5, 0.6) is 0 Å². The Balaban J connectivity index is 1.92. The monoisotopic (exact) mass is 384 g/mol. The van der Waals surface area contributed by atoms with E-state index in [4.69, 9.17) is 0 Å². The van der Waals surface area contributed by atoms with E-state index < -0.39 is 16.7 Å². The van der Waals surface area contributed by atoms with Gasteiger partial charge in [0.1, 0.15) is 0 Å². The summed E-state index contributed by atoms with van der Waals surface area (Å²) in [6.07, 6.45) is 0.395. The topological polar surface area (TPSA) is 130 Å². The molecule has 0 spiro atoms. The second kappa shape index (κ2) is 9.26. The number of hydrogen-bond acceptors (Lipinski definition) is 5. The van der Waals surface area contributed by atoms with E-state index >= 15 is 0 Å². The van der Waals surface area contributed by atoms with Crippen LogP contribution < -0.4 is 16.2 Å². The number of rotatable bonds is 6. The summed E-state index contributed by atoms with van der Waals surface area (Å²) in [6, 6.07) is 11.3. The first kappa shape index (κ1) is 20.6. The molecule has 0 aliphatic rings. The highest BCUT2D eigenvalue weighted by atomic mass is 16.6. The maximum atomic E-state index is 12.1. The lowest BCUT2D eigenvalue weighted by molar-refractivity contribution is -0.384. The van der Waals surface area contributed by atoms with Crippen molar-refractivity contribution in [2.75, 3.05) is 5.32 Å². The van der Waals surface area contributed by atoms with E-state index in [1.807, 2.05) is 13.8 Å². The number of nitro groups is 1. The first-order valence-corrected chi connectivity index (χ1v) is 8.51. The fourth-order valence-corrected chi connectivity index (χ4v) is 2.31. The van der Waals surface area contributed by atoms with E-state index in [0.29, 0.717) is 12.1 Å². The molecule has 2 aromatic carbocycles. The molecule has 0 bridgehead atoms. The van der Waals surface area contributed by atoms with Crippen LogP contribution in [0.3, 0.4) is 0 Å². The van der Waals surface area contributed by atoms with Crippen molar-refractivity contribution in [3.8, 4) is 0 Å². The number of carbonyl (C=O) groups excluding carboxylic acids is 3. The third-order valence-corrected chi connectivity index (χ3v) is 3.63. The number of hydrogen-bond donors (Lipinski definition) is 3. The summed E-state index contributed by atoms with van der Waals surface area (Å²) in [5, 5.41) is 13.5. The molecule has 28 heavy (non-hydrogen) atoms. The Kier molecular flexibility index (Phi) is 6.80.